The molecule has 0 radical (unpaired) electrons. The van der Waals surface area contributed by atoms with E-state index in [0.717, 1.165) is 5.56 Å². The lowest BCUT2D eigenvalue weighted by Gasteiger charge is -2.73. The van der Waals surface area contributed by atoms with E-state index in [1.54, 1.807) is 19.5 Å². The van der Waals surface area contributed by atoms with Gasteiger partial charge in [-0.15, -0.1) is 0 Å². The highest BCUT2D eigenvalue weighted by Crippen LogP contribution is 2.82. The number of esters is 1. The Morgan fingerprint density at radius 3 is 2.47 bits per heavy atom. The molecule has 10 heteroatoms. The molecule has 1 unspecified atom stereocenters. The van der Waals surface area contributed by atoms with Crippen LogP contribution in [0.1, 0.15) is 58.4 Å². The molecule has 10 nitrogen and oxygen atoms in total. The predicted molar refractivity (Wildman–Crippen MR) is 127 cm³/mol. The number of aliphatic hydroxyl groups excluding tert-OH is 4. The van der Waals surface area contributed by atoms with Crippen molar-refractivity contribution in [1.82, 2.24) is 0 Å². The third kappa shape index (κ3) is 2.36. The number of hydrogen-bond acceptors (Lipinski definition) is 10. The van der Waals surface area contributed by atoms with Crippen molar-refractivity contribution < 1.29 is 48.6 Å². The van der Waals surface area contributed by atoms with Crippen LogP contribution < -0.4 is 0 Å². The normalized spacial score (nSPS) is 58.3. The number of ether oxygens (including phenoxy) is 3. The molecule has 6 fully saturated rings. The minimum atomic E-state index is -1.52. The number of carbonyl (C=O) groups is 2. The summed E-state index contributed by atoms with van der Waals surface area (Å²) in [5, 5.41) is 47.0. The maximum atomic E-state index is 14.4. The molecule has 3 heterocycles. The van der Waals surface area contributed by atoms with Crippen LogP contribution in [0.15, 0.2) is 23.0 Å². The number of aliphatic hydroxyl groups is 4. The Labute approximate surface area is 220 Å². The number of carbonyl (C=O) groups excluding carboxylic acids is 2. The van der Waals surface area contributed by atoms with Crippen molar-refractivity contribution in [2.24, 2.45) is 33.5 Å². The summed E-state index contributed by atoms with van der Waals surface area (Å²) in [6.07, 6.45) is -2.28. The number of Topliss-reactive ketones (excluding diaryl/α,β-unsaturated/α-hetero) is 1. The van der Waals surface area contributed by atoms with Gasteiger partial charge in [0.05, 0.1) is 48.3 Å². The molecule has 0 amide bonds. The Morgan fingerprint density at radius 2 is 1.82 bits per heavy atom. The third-order valence-electron chi connectivity index (χ3n) is 12.3. The van der Waals surface area contributed by atoms with Crippen LogP contribution in [0.25, 0.3) is 0 Å². The fourth-order valence-electron chi connectivity index (χ4n) is 10.7. The van der Waals surface area contributed by atoms with E-state index in [1.807, 2.05) is 19.9 Å². The van der Waals surface area contributed by atoms with Gasteiger partial charge in [0.25, 0.3) is 0 Å². The lowest BCUT2D eigenvalue weighted by molar-refractivity contribution is -0.382. The molecule has 4 aliphatic carbocycles. The molecule has 6 aliphatic rings. The van der Waals surface area contributed by atoms with Gasteiger partial charge < -0.3 is 39.1 Å². The van der Waals surface area contributed by atoms with E-state index >= 15 is 0 Å². The van der Waals surface area contributed by atoms with Gasteiger partial charge in [-0.3, -0.25) is 9.59 Å². The second-order valence-electron chi connectivity index (χ2n) is 13.3. The zero-order chi connectivity index (χ0) is 27.2. The molecular formula is C28H36O10. The van der Waals surface area contributed by atoms with Crippen LogP contribution >= 0.6 is 0 Å². The van der Waals surface area contributed by atoms with Crippen LogP contribution in [-0.4, -0.2) is 81.2 Å². The SMILES string of the molecule is CC(=O)O[C@@H]1C[C@H](O)[C@@]23COC(O)[C@]1(C)[C@@H]2C[C@@H](O)[C@]1(C)[C@@H]3[C@H](O)C(=O)[C@@]2(C)[C@H](c3ccoc3)C[C@H]3O[C@@]312. The number of fused-ring (bicyclic) bond motifs is 1. The third-order valence-corrected chi connectivity index (χ3v) is 12.3. The van der Waals surface area contributed by atoms with Gasteiger partial charge in [0.2, 0.25) is 0 Å². The average molecular weight is 533 g/mol. The molecular weight excluding hydrogens is 496 g/mol. The molecule has 4 saturated carbocycles. The highest BCUT2D eigenvalue weighted by Gasteiger charge is 2.92. The average Bonchev–Trinajstić information content (AvgIpc) is 3.22. The fraction of sp³-hybridized carbons (Fsp3) is 0.786. The Morgan fingerprint density at radius 1 is 1.08 bits per heavy atom. The van der Waals surface area contributed by atoms with Gasteiger partial charge in [0.15, 0.2) is 12.1 Å². The molecule has 2 bridgehead atoms. The maximum absolute atomic E-state index is 14.4. The van der Waals surface area contributed by atoms with Gasteiger partial charge in [0.1, 0.15) is 17.8 Å². The highest BCUT2D eigenvalue weighted by atomic mass is 16.6. The molecule has 14 atom stereocenters. The van der Waals surface area contributed by atoms with Gasteiger partial charge >= 0.3 is 5.97 Å². The first-order valence-corrected chi connectivity index (χ1v) is 13.6. The topological polar surface area (TPSA) is 159 Å². The summed E-state index contributed by atoms with van der Waals surface area (Å²) >= 11 is 0. The van der Waals surface area contributed by atoms with Crippen molar-refractivity contribution in [2.45, 2.75) is 95.3 Å². The molecule has 1 aromatic rings. The smallest absolute Gasteiger partial charge is 0.302 e. The van der Waals surface area contributed by atoms with E-state index < -0.39 is 75.8 Å². The minimum Gasteiger partial charge on any atom is -0.472 e. The van der Waals surface area contributed by atoms with Crippen LogP contribution in [-0.2, 0) is 23.8 Å². The van der Waals surface area contributed by atoms with Crippen LogP contribution in [0, 0.1) is 33.5 Å². The predicted octanol–water partition coefficient (Wildman–Crippen LogP) is 0.895. The Bertz CT molecular complexity index is 1200. The lowest BCUT2D eigenvalue weighted by Crippen LogP contribution is -2.82. The van der Waals surface area contributed by atoms with E-state index in [2.05, 4.69) is 0 Å². The first kappa shape index (κ1) is 25.2. The van der Waals surface area contributed by atoms with Crippen molar-refractivity contribution in [2.75, 3.05) is 6.61 Å². The van der Waals surface area contributed by atoms with Gasteiger partial charge in [-0.2, -0.15) is 0 Å². The minimum absolute atomic E-state index is 0.0167. The summed E-state index contributed by atoms with van der Waals surface area (Å²) in [6, 6.07) is 1.83. The number of hydrogen-bond donors (Lipinski definition) is 4. The largest absolute Gasteiger partial charge is 0.472 e. The summed E-state index contributed by atoms with van der Waals surface area (Å²) in [6.45, 7) is 6.62. The van der Waals surface area contributed by atoms with Gasteiger partial charge in [-0.1, -0.05) is 13.8 Å². The quantitative estimate of drug-likeness (QED) is 0.318. The second-order valence-corrected chi connectivity index (χ2v) is 13.3. The van der Waals surface area contributed by atoms with Crippen molar-refractivity contribution in [3.05, 3.63) is 24.2 Å². The molecule has 2 aliphatic heterocycles. The van der Waals surface area contributed by atoms with E-state index in [9.17, 15) is 30.0 Å². The summed E-state index contributed by atoms with van der Waals surface area (Å²) in [4.78, 5) is 26.4. The molecule has 1 aromatic heterocycles. The zero-order valence-electron chi connectivity index (χ0n) is 22.0. The van der Waals surface area contributed by atoms with Gasteiger partial charge in [-0.25, -0.2) is 0 Å². The standard InChI is InChI=1S/C28H36O10/c1-12(29)37-18-9-17(31)27-11-36-23(34)24(18,2)15(27)8-16(30)26(4)21(27)20(32)22(33)25(3)14(13-5-6-35-10-13)7-19-28(25,26)38-19/h5-6,10,14-21,23,30-32,34H,7-9,11H2,1-4H3/t14-,15-,16+,17-,18+,19+,20-,21-,23?,24+,25+,26+,27+,28+/m0/s1. The first-order valence-electron chi connectivity index (χ1n) is 13.6. The van der Waals surface area contributed by atoms with Gasteiger partial charge in [-0.05, 0) is 37.3 Å². The van der Waals surface area contributed by atoms with Gasteiger partial charge in [0, 0.05) is 36.0 Å². The van der Waals surface area contributed by atoms with E-state index in [4.69, 9.17) is 18.6 Å². The van der Waals surface area contributed by atoms with Crippen LogP contribution in [0.3, 0.4) is 0 Å². The highest BCUT2D eigenvalue weighted by molar-refractivity contribution is 5.94. The number of epoxide rings is 1. The maximum Gasteiger partial charge on any atom is 0.302 e. The van der Waals surface area contributed by atoms with E-state index in [-0.39, 0.29) is 37.3 Å². The molecule has 4 N–H and O–H groups in total. The summed E-state index contributed by atoms with van der Waals surface area (Å²) < 4.78 is 23.3. The van der Waals surface area contributed by atoms with E-state index in [0.29, 0.717) is 6.42 Å². The van der Waals surface area contributed by atoms with Crippen molar-refractivity contribution in [1.29, 1.82) is 0 Å². The van der Waals surface area contributed by atoms with Crippen molar-refractivity contribution in [3.63, 3.8) is 0 Å². The molecule has 1 spiro atoms. The zero-order valence-corrected chi connectivity index (χ0v) is 22.0. The first-order chi connectivity index (χ1) is 17.8. The Hall–Kier alpha value is -1.82. The van der Waals surface area contributed by atoms with Crippen LogP contribution in [0.5, 0.6) is 0 Å². The molecule has 38 heavy (non-hydrogen) atoms. The Balaban J connectivity index is 1.41. The molecule has 7 rings (SSSR count). The van der Waals surface area contributed by atoms with Crippen molar-refractivity contribution in [3.8, 4) is 0 Å². The number of furan rings is 1. The monoisotopic (exact) mass is 532 g/mol. The lowest BCUT2D eigenvalue weighted by atomic mass is 9.33. The number of rotatable bonds is 2. The molecule has 2 saturated heterocycles. The molecule has 0 aromatic carbocycles. The van der Waals surface area contributed by atoms with Crippen LogP contribution in [0.2, 0.25) is 0 Å². The summed E-state index contributed by atoms with van der Waals surface area (Å²) in [5.74, 6) is -2.72. The molecule has 208 valence electrons. The summed E-state index contributed by atoms with van der Waals surface area (Å²) in [7, 11) is 0. The van der Waals surface area contributed by atoms with Crippen molar-refractivity contribution >= 4 is 11.8 Å². The fourth-order valence-corrected chi connectivity index (χ4v) is 10.7. The summed E-state index contributed by atoms with van der Waals surface area (Å²) in [5.41, 5.74) is -4.81. The number of ketones is 1. The van der Waals surface area contributed by atoms with Crippen LogP contribution in [0.4, 0.5) is 0 Å². The second kappa shape index (κ2) is 7.27. The van der Waals surface area contributed by atoms with E-state index in [1.165, 1.54) is 6.92 Å². The Kier molecular flexibility index (Phi) is 4.82.